The van der Waals surface area contributed by atoms with E-state index in [2.05, 4.69) is 21.2 Å². The van der Waals surface area contributed by atoms with Crippen LogP contribution < -0.4 is 14.8 Å². The van der Waals surface area contributed by atoms with Crippen LogP contribution in [0.2, 0.25) is 0 Å². The molecule has 2 fully saturated rings. The Balaban J connectivity index is 1.86. The van der Waals surface area contributed by atoms with Crippen molar-refractivity contribution in [2.75, 3.05) is 60.0 Å². The van der Waals surface area contributed by atoms with E-state index < -0.39 is 0 Å². The van der Waals surface area contributed by atoms with Gasteiger partial charge in [-0.15, -0.1) is 0 Å². The summed E-state index contributed by atoms with van der Waals surface area (Å²) >= 11 is 0. The van der Waals surface area contributed by atoms with Crippen LogP contribution >= 0.6 is 0 Å². The van der Waals surface area contributed by atoms with Crippen LogP contribution in [0.25, 0.3) is 0 Å². The van der Waals surface area contributed by atoms with Gasteiger partial charge in [0.15, 0.2) is 0 Å². The maximum Gasteiger partial charge on any atom is 0.123 e. The number of methoxy groups -OCH3 is 2. The van der Waals surface area contributed by atoms with E-state index in [1.54, 1.807) is 14.2 Å². The average Bonchev–Trinajstić information content (AvgIpc) is 2.95. The van der Waals surface area contributed by atoms with E-state index in [1.807, 2.05) is 12.1 Å². The van der Waals surface area contributed by atoms with Crippen LogP contribution in [0.5, 0.6) is 11.5 Å². The fourth-order valence-electron chi connectivity index (χ4n) is 4.07. The molecule has 1 atom stereocenters. The summed E-state index contributed by atoms with van der Waals surface area (Å²) < 4.78 is 11.2. The molecule has 1 N–H and O–H groups in total. The Morgan fingerprint density at radius 1 is 0.960 bits per heavy atom. The van der Waals surface area contributed by atoms with Crippen molar-refractivity contribution in [3.05, 3.63) is 23.8 Å². The van der Waals surface area contributed by atoms with E-state index in [9.17, 15) is 0 Å². The molecule has 140 valence electrons. The second-order valence-electron chi connectivity index (χ2n) is 7.12. The molecule has 5 nitrogen and oxygen atoms in total. The average molecular weight is 348 g/mol. The lowest BCUT2D eigenvalue weighted by Gasteiger charge is -2.38. The highest BCUT2D eigenvalue weighted by molar-refractivity contribution is 5.42. The number of ether oxygens (including phenoxy) is 2. The van der Waals surface area contributed by atoms with Crippen LogP contribution in [-0.2, 0) is 0 Å². The predicted octanol–water partition coefficient (Wildman–Crippen LogP) is 2.53. The smallest absolute Gasteiger partial charge is 0.123 e. The number of hydrogen-bond acceptors (Lipinski definition) is 5. The van der Waals surface area contributed by atoms with Crippen LogP contribution in [-0.4, -0.2) is 69.8 Å². The van der Waals surface area contributed by atoms with Crippen molar-refractivity contribution in [3.63, 3.8) is 0 Å². The highest BCUT2D eigenvalue weighted by atomic mass is 16.5. The monoisotopic (exact) mass is 347 g/mol. The van der Waals surface area contributed by atoms with Crippen LogP contribution in [0.4, 0.5) is 0 Å². The number of rotatable bonds is 6. The summed E-state index contributed by atoms with van der Waals surface area (Å²) in [5.74, 6) is 1.88. The van der Waals surface area contributed by atoms with Gasteiger partial charge in [-0.1, -0.05) is 12.8 Å². The third-order valence-electron chi connectivity index (χ3n) is 5.52. The minimum atomic E-state index is 0.352. The van der Waals surface area contributed by atoms with Crippen molar-refractivity contribution in [1.82, 2.24) is 15.1 Å². The van der Waals surface area contributed by atoms with Crippen molar-refractivity contribution >= 4 is 0 Å². The van der Waals surface area contributed by atoms with Crippen LogP contribution in [0, 0.1) is 0 Å². The Bertz CT molecular complexity index is 524. The van der Waals surface area contributed by atoms with Gasteiger partial charge in [0, 0.05) is 38.3 Å². The Labute approximate surface area is 152 Å². The van der Waals surface area contributed by atoms with Gasteiger partial charge in [-0.3, -0.25) is 4.90 Å². The third-order valence-corrected chi connectivity index (χ3v) is 5.52. The Morgan fingerprint density at radius 2 is 1.68 bits per heavy atom. The van der Waals surface area contributed by atoms with Gasteiger partial charge in [-0.2, -0.15) is 0 Å². The molecule has 2 aliphatic rings. The SMILES string of the molecule is COc1ccc(OC)c(C(CN2CCCCCC2)N2CCNCC2)c1. The fraction of sp³-hybridized carbons (Fsp3) is 0.700. The number of likely N-dealkylation sites (tertiary alicyclic amines) is 1. The second-order valence-corrected chi connectivity index (χ2v) is 7.12. The summed E-state index contributed by atoms with van der Waals surface area (Å²) in [6.07, 6.45) is 5.39. The molecular formula is C20H33N3O2. The molecule has 0 saturated carbocycles. The summed E-state index contributed by atoms with van der Waals surface area (Å²) in [5.41, 5.74) is 1.26. The number of nitrogens with zero attached hydrogens (tertiary/aromatic N) is 2. The molecule has 1 aromatic carbocycles. The first-order chi connectivity index (χ1) is 12.3. The lowest BCUT2D eigenvalue weighted by atomic mass is 10.0. The Hall–Kier alpha value is -1.30. The maximum absolute atomic E-state index is 5.71. The molecule has 5 heteroatoms. The molecule has 0 aromatic heterocycles. The van der Waals surface area contributed by atoms with Crippen molar-refractivity contribution in [3.8, 4) is 11.5 Å². The van der Waals surface area contributed by atoms with Gasteiger partial charge in [-0.05, 0) is 44.1 Å². The molecule has 0 aliphatic carbocycles. The van der Waals surface area contributed by atoms with Gasteiger partial charge in [0.2, 0.25) is 0 Å². The standard InChI is InChI=1S/C20H33N3O2/c1-24-17-7-8-20(25-2)18(15-17)19(23-13-9-21-10-14-23)16-22-11-5-3-4-6-12-22/h7-8,15,19,21H,3-6,9-14,16H2,1-2H3. The number of hydrogen-bond donors (Lipinski definition) is 1. The topological polar surface area (TPSA) is 37.0 Å². The summed E-state index contributed by atoms with van der Waals surface area (Å²) in [6, 6.07) is 6.56. The molecule has 2 saturated heterocycles. The second kappa shape index (κ2) is 9.41. The summed E-state index contributed by atoms with van der Waals surface area (Å²) in [6.45, 7) is 7.79. The van der Waals surface area contributed by atoms with Crippen LogP contribution in [0.3, 0.4) is 0 Å². The van der Waals surface area contributed by atoms with E-state index in [0.717, 1.165) is 44.2 Å². The first kappa shape index (κ1) is 18.5. The predicted molar refractivity (Wildman–Crippen MR) is 102 cm³/mol. The molecule has 1 aromatic rings. The lowest BCUT2D eigenvalue weighted by Crippen LogP contribution is -2.48. The molecule has 2 heterocycles. The molecule has 0 spiro atoms. The van der Waals surface area contributed by atoms with Gasteiger partial charge in [0.25, 0.3) is 0 Å². The van der Waals surface area contributed by atoms with Gasteiger partial charge in [0.05, 0.1) is 20.3 Å². The van der Waals surface area contributed by atoms with E-state index >= 15 is 0 Å². The minimum absolute atomic E-state index is 0.352. The van der Waals surface area contributed by atoms with Crippen molar-refractivity contribution < 1.29 is 9.47 Å². The first-order valence-electron chi connectivity index (χ1n) is 9.71. The minimum Gasteiger partial charge on any atom is -0.497 e. The number of benzene rings is 1. The largest absolute Gasteiger partial charge is 0.497 e. The van der Waals surface area contributed by atoms with Gasteiger partial charge in [0.1, 0.15) is 11.5 Å². The Kier molecular flexibility index (Phi) is 6.96. The molecule has 25 heavy (non-hydrogen) atoms. The fourth-order valence-corrected chi connectivity index (χ4v) is 4.07. The molecule has 0 radical (unpaired) electrons. The zero-order valence-corrected chi connectivity index (χ0v) is 15.8. The van der Waals surface area contributed by atoms with Crippen molar-refractivity contribution in [2.45, 2.75) is 31.7 Å². The molecular weight excluding hydrogens is 314 g/mol. The zero-order valence-electron chi connectivity index (χ0n) is 15.8. The summed E-state index contributed by atoms with van der Waals surface area (Å²) in [4.78, 5) is 5.26. The van der Waals surface area contributed by atoms with E-state index in [4.69, 9.17) is 9.47 Å². The quantitative estimate of drug-likeness (QED) is 0.856. The Morgan fingerprint density at radius 3 is 2.32 bits per heavy atom. The molecule has 0 bridgehead atoms. The number of nitrogens with one attached hydrogen (secondary N) is 1. The maximum atomic E-state index is 5.71. The highest BCUT2D eigenvalue weighted by Gasteiger charge is 2.27. The van der Waals surface area contributed by atoms with E-state index in [1.165, 1.54) is 44.3 Å². The molecule has 1 unspecified atom stereocenters. The van der Waals surface area contributed by atoms with E-state index in [0.29, 0.717) is 6.04 Å². The van der Waals surface area contributed by atoms with Crippen LogP contribution in [0.15, 0.2) is 18.2 Å². The normalized spacial score (nSPS) is 21.5. The number of piperazine rings is 1. The highest BCUT2D eigenvalue weighted by Crippen LogP contribution is 2.34. The van der Waals surface area contributed by atoms with Crippen LogP contribution in [0.1, 0.15) is 37.3 Å². The molecule has 0 amide bonds. The third kappa shape index (κ3) is 4.87. The van der Waals surface area contributed by atoms with Crippen molar-refractivity contribution in [2.24, 2.45) is 0 Å². The van der Waals surface area contributed by atoms with Gasteiger partial charge >= 0.3 is 0 Å². The van der Waals surface area contributed by atoms with Crippen molar-refractivity contribution in [1.29, 1.82) is 0 Å². The van der Waals surface area contributed by atoms with E-state index in [-0.39, 0.29) is 0 Å². The van der Waals surface area contributed by atoms with Gasteiger partial charge in [-0.25, -0.2) is 0 Å². The summed E-state index contributed by atoms with van der Waals surface area (Å²) in [5, 5.41) is 3.47. The first-order valence-corrected chi connectivity index (χ1v) is 9.71. The lowest BCUT2D eigenvalue weighted by molar-refractivity contribution is 0.124. The summed E-state index contributed by atoms with van der Waals surface area (Å²) in [7, 11) is 3.51. The zero-order chi connectivity index (χ0) is 17.5. The van der Waals surface area contributed by atoms with Gasteiger partial charge < -0.3 is 19.7 Å². The molecule has 3 rings (SSSR count). The molecule has 2 aliphatic heterocycles.